The summed E-state index contributed by atoms with van der Waals surface area (Å²) in [4.78, 5) is 18.1. The molecule has 1 saturated heterocycles. The Balaban J connectivity index is 1.96. The van der Waals surface area contributed by atoms with Crippen molar-refractivity contribution in [2.75, 3.05) is 26.8 Å². The van der Waals surface area contributed by atoms with E-state index in [-0.39, 0.29) is 19.4 Å². The Morgan fingerprint density at radius 3 is 2.49 bits per heavy atom. The first kappa shape index (κ1) is 31.2. The second-order valence-electron chi connectivity index (χ2n) is 11.7. The lowest BCUT2D eigenvalue weighted by Gasteiger charge is -2.38. The highest BCUT2D eigenvalue weighted by Gasteiger charge is 2.43. The molecule has 0 saturated carbocycles. The highest BCUT2D eigenvalue weighted by Crippen LogP contribution is 2.41. The second kappa shape index (κ2) is 11.3. The zero-order valence-corrected chi connectivity index (χ0v) is 24.2. The minimum absolute atomic E-state index is 0.0516. The van der Waals surface area contributed by atoms with Crippen LogP contribution in [0.4, 0.5) is 22.4 Å². The minimum atomic E-state index is -3.11. The fourth-order valence-electron chi connectivity index (χ4n) is 4.02. The standard InChI is InChI=1S/C25H38F4N6O3S/c1-22(2,3)39(37)33-17(8-9-23(4,5)24(6,26)27)18-12-35-20(32-18)10-16(11-31-35)19(13-38-7)34-15-25(28,29)14-30-21(34)36/h10-12,17,19,33H,8-9,13-15H2,1-7H3,(H,30,36)/t17-,19+,39-/m0/s1. The fourth-order valence-corrected chi connectivity index (χ4v) is 4.87. The van der Waals surface area contributed by atoms with Gasteiger partial charge in [0.15, 0.2) is 5.65 Å². The van der Waals surface area contributed by atoms with Crippen molar-refractivity contribution in [1.29, 1.82) is 0 Å². The summed E-state index contributed by atoms with van der Waals surface area (Å²) >= 11 is 0. The van der Waals surface area contributed by atoms with E-state index in [2.05, 4.69) is 20.1 Å². The average molecular weight is 579 g/mol. The van der Waals surface area contributed by atoms with Gasteiger partial charge in [0.1, 0.15) is 0 Å². The summed E-state index contributed by atoms with van der Waals surface area (Å²) in [5.41, 5.74) is -0.0892. The summed E-state index contributed by atoms with van der Waals surface area (Å²) in [5.74, 6) is -6.04. The quantitative estimate of drug-likeness (QED) is 0.379. The summed E-state index contributed by atoms with van der Waals surface area (Å²) in [6.07, 6.45) is 3.40. The summed E-state index contributed by atoms with van der Waals surface area (Å²) in [6, 6.07) is -0.509. The number of ether oxygens (including phenoxy) is 1. The van der Waals surface area contributed by atoms with Crippen molar-refractivity contribution < 1.29 is 31.3 Å². The SMILES string of the molecule is COC[C@H](c1cnn2cc([C@H](CCC(C)(C)C(C)(F)F)N[S@@](=O)C(C)(C)C)nc2c1)N1CC(F)(F)CNC1=O. The highest BCUT2D eigenvalue weighted by molar-refractivity contribution is 7.84. The van der Waals surface area contributed by atoms with Crippen molar-refractivity contribution in [2.24, 2.45) is 5.41 Å². The number of methoxy groups -OCH3 is 1. The van der Waals surface area contributed by atoms with Gasteiger partial charge < -0.3 is 15.0 Å². The molecule has 2 amide bonds. The number of amides is 2. The summed E-state index contributed by atoms with van der Waals surface area (Å²) < 4.78 is 78.6. The van der Waals surface area contributed by atoms with Crippen LogP contribution in [0.25, 0.3) is 5.65 Å². The Morgan fingerprint density at radius 2 is 1.90 bits per heavy atom. The first-order chi connectivity index (χ1) is 17.8. The monoisotopic (exact) mass is 578 g/mol. The Bertz CT molecular complexity index is 1190. The molecule has 1 fully saturated rings. The first-order valence-corrected chi connectivity index (χ1v) is 13.8. The van der Waals surface area contributed by atoms with Crippen LogP contribution < -0.4 is 10.0 Å². The zero-order valence-electron chi connectivity index (χ0n) is 23.4. The Hall–Kier alpha value is -2.32. The van der Waals surface area contributed by atoms with E-state index >= 15 is 0 Å². The molecule has 0 aromatic carbocycles. The zero-order chi connectivity index (χ0) is 29.4. The number of carbonyl (C=O) groups excluding carboxylic acids is 1. The number of hydrogen-bond donors (Lipinski definition) is 2. The molecule has 0 spiro atoms. The highest BCUT2D eigenvalue weighted by atomic mass is 32.2. The maximum atomic E-state index is 14.2. The van der Waals surface area contributed by atoms with E-state index in [4.69, 9.17) is 4.74 Å². The maximum Gasteiger partial charge on any atom is 0.318 e. The van der Waals surface area contributed by atoms with E-state index in [1.165, 1.54) is 31.7 Å². The molecule has 220 valence electrons. The van der Waals surface area contributed by atoms with Crippen molar-refractivity contribution in [2.45, 2.75) is 83.1 Å². The Kier molecular flexibility index (Phi) is 9.03. The van der Waals surface area contributed by atoms with Gasteiger partial charge in [-0.25, -0.2) is 40.8 Å². The van der Waals surface area contributed by atoms with Crippen LogP contribution in [0.1, 0.15) is 77.7 Å². The first-order valence-electron chi connectivity index (χ1n) is 12.7. The molecule has 3 heterocycles. The van der Waals surface area contributed by atoms with Crippen LogP contribution in [0, 0.1) is 5.41 Å². The number of nitrogens with zero attached hydrogens (tertiary/aromatic N) is 4. The van der Waals surface area contributed by atoms with Gasteiger partial charge >= 0.3 is 6.03 Å². The predicted molar refractivity (Wildman–Crippen MR) is 140 cm³/mol. The number of aromatic nitrogens is 3. The van der Waals surface area contributed by atoms with Crippen LogP contribution in [0.5, 0.6) is 0 Å². The third-order valence-corrected chi connectivity index (χ3v) is 8.63. The molecule has 0 aliphatic carbocycles. The van der Waals surface area contributed by atoms with Crippen LogP contribution in [0.2, 0.25) is 0 Å². The second-order valence-corrected chi connectivity index (χ2v) is 13.7. The molecule has 39 heavy (non-hydrogen) atoms. The summed E-state index contributed by atoms with van der Waals surface area (Å²) in [7, 11) is -0.112. The number of fused-ring (bicyclic) bond motifs is 1. The summed E-state index contributed by atoms with van der Waals surface area (Å²) in [6.45, 7) is 7.67. The molecular formula is C25H38F4N6O3S. The molecule has 0 unspecified atom stereocenters. The number of nitrogens with one attached hydrogen (secondary N) is 2. The Labute approximate surface area is 228 Å². The molecule has 2 aromatic rings. The van der Waals surface area contributed by atoms with Gasteiger partial charge in [0.25, 0.3) is 5.92 Å². The van der Waals surface area contributed by atoms with Crippen molar-refractivity contribution >= 4 is 22.7 Å². The number of carbonyl (C=O) groups is 1. The van der Waals surface area contributed by atoms with Gasteiger partial charge in [-0.15, -0.1) is 0 Å². The van der Waals surface area contributed by atoms with Crippen LogP contribution >= 0.6 is 0 Å². The van der Waals surface area contributed by atoms with Gasteiger partial charge in [-0.1, -0.05) is 13.8 Å². The number of halogens is 4. The predicted octanol–water partition coefficient (Wildman–Crippen LogP) is 4.63. The van der Waals surface area contributed by atoms with Crippen molar-refractivity contribution in [3.63, 3.8) is 0 Å². The van der Waals surface area contributed by atoms with Crippen molar-refractivity contribution in [3.8, 4) is 0 Å². The van der Waals surface area contributed by atoms with Crippen LogP contribution in [-0.2, 0) is 15.7 Å². The Morgan fingerprint density at radius 1 is 1.23 bits per heavy atom. The minimum Gasteiger partial charge on any atom is -0.382 e. The lowest BCUT2D eigenvalue weighted by atomic mass is 9.80. The lowest BCUT2D eigenvalue weighted by molar-refractivity contribution is -0.0935. The van der Waals surface area contributed by atoms with E-state index in [1.807, 2.05) is 0 Å². The average Bonchev–Trinajstić information content (AvgIpc) is 3.23. The molecule has 14 heteroatoms. The van der Waals surface area contributed by atoms with Gasteiger partial charge in [-0.2, -0.15) is 5.10 Å². The van der Waals surface area contributed by atoms with Crippen molar-refractivity contribution in [3.05, 3.63) is 29.7 Å². The van der Waals surface area contributed by atoms with Crippen molar-refractivity contribution in [1.82, 2.24) is 29.5 Å². The molecule has 1 aliphatic rings. The molecule has 1 aliphatic heterocycles. The third kappa shape index (κ3) is 7.46. The molecular weight excluding hydrogens is 540 g/mol. The summed E-state index contributed by atoms with van der Waals surface area (Å²) in [5, 5.41) is 6.55. The van der Waals surface area contributed by atoms with E-state index in [9.17, 15) is 26.6 Å². The third-order valence-electron chi connectivity index (χ3n) is 7.02. The molecule has 9 nitrogen and oxygen atoms in total. The van der Waals surface area contributed by atoms with E-state index < -0.39 is 64.2 Å². The van der Waals surface area contributed by atoms with Crippen LogP contribution in [0.15, 0.2) is 18.5 Å². The normalized spacial score (nSPS) is 19.2. The number of rotatable bonds is 11. The van der Waals surface area contributed by atoms with E-state index in [1.54, 1.807) is 33.0 Å². The van der Waals surface area contributed by atoms with E-state index in [0.29, 0.717) is 16.9 Å². The number of hydrogen-bond acceptors (Lipinski definition) is 5. The maximum absolute atomic E-state index is 14.2. The lowest BCUT2D eigenvalue weighted by Crippen LogP contribution is -2.58. The van der Waals surface area contributed by atoms with Gasteiger partial charge in [-0.05, 0) is 46.6 Å². The van der Waals surface area contributed by atoms with Gasteiger partial charge in [0.2, 0.25) is 5.92 Å². The van der Waals surface area contributed by atoms with Crippen LogP contribution in [-0.4, -0.2) is 73.1 Å². The smallest absolute Gasteiger partial charge is 0.318 e. The molecule has 2 aromatic heterocycles. The topological polar surface area (TPSA) is 101 Å². The molecule has 2 N–H and O–H groups in total. The van der Waals surface area contributed by atoms with Gasteiger partial charge in [0, 0.05) is 18.1 Å². The molecule has 0 bridgehead atoms. The largest absolute Gasteiger partial charge is 0.382 e. The number of alkyl halides is 4. The van der Waals surface area contributed by atoms with Gasteiger partial charge in [0.05, 0.1) is 65.6 Å². The van der Waals surface area contributed by atoms with Crippen LogP contribution in [0.3, 0.4) is 0 Å². The molecule has 0 radical (unpaired) electrons. The molecule has 3 rings (SSSR count). The number of imidazole rings is 1. The molecule has 3 atom stereocenters. The number of urea groups is 1. The van der Waals surface area contributed by atoms with E-state index in [0.717, 1.165) is 11.8 Å². The fraction of sp³-hybridized carbons (Fsp3) is 0.720. The van der Waals surface area contributed by atoms with Gasteiger partial charge in [-0.3, -0.25) is 0 Å².